The molecule has 0 aromatic carbocycles. The van der Waals surface area contributed by atoms with Crippen LogP contribution in [0.3, 0.4) is 0 Å². The molecule has 0 amide bonds. The van der Waals surface area contributed by atoms with Crippen molar-refractivity contribution < 1.29 is 50.4 Å². The normalized spacial score (nSPS) is 4.80. The second-order valence-corrected chi connectivity index (χ2v) is 0.500. The van der Waals surface area contributed by atoms with Crippen molar-refractivity contribution in [2.45, 2.75) is 0 Å². The van der Waals surface area contributed by atoms with Crippen LogP contribution < -0.4 is 20.4 Å². The number of rotatable bonds is 0. The second kappa shape index (κ2) is 16.1. The predicted octanol–water partition coefficient (Wildman–Crippen LogP) is -5.28. The topological polar surface area (TPSA) is 126 Å². The molecule has 2 radical (unpaired) electrons. The molecule has 0 aromatic heterocycles. The van der Waals surface area contributed by atoms with Crippen molar-refractivity contribution in [1.82, 2.24) is 0 Å². The van der Waals surface area contributed by atoms with Crippen LogP contribution in [-0.2, 0) is 20.4 Å². The minimum Gasteiger partial charge on any atom is -0.652 e. The molecular weight excluding hydrogens is 434 g/mol. The Morgan fingerprint density at radius 1 is 0.800 bits per heavy atom. The Bertz CT molecular complexity index is 73.7. The molecule has 0 saturated carbocycles. The van der Waals surface area contributed by atoms with E-state index in [9.17, 15) is 0 Å². The first-order valence-electron chi connectivity index (χ1n) is 1.22. The zero-order valence-electron chi connectivity index (χ0n) is 4.27. The van der Waals surface area contributed by atoms with E-state index in [0.29, 0.717) is 0 Å². The summed E-state index contributed by atoms with van der Waals surface area (Å²) in [5.41, 5.74) is 0. The van der Waals surface area contributed by atoms with Gasteiger partial charge >= 0.3 is 47.7 Å². The molecule has 0 atom stereocenters. The summed E-state index contributed by atoms with van der Waals surface area (Å²) < 4.78 is 0. The minimum atomic E-state index is -2.33. The van der Waals surface area contributed by atoms with E-state index in [4.69, 9.17) is 30.0 Å². The molecule has 10 heavy (non-hydrogen) atoms. The van der Waals surface area contributed by atoms with E-state index in [1.165, 1.54) is 0 Å². The summed E-state index contributed by atoms with van der Waals surface area (Å²) in [6.07, 6.45) is -4.67. The Morgan fingerprint density at radius 2 is 0.800 bits per heavy atom. The van der Waals surface area contributed by atoms with Gasteiger partial charge in [-0.2, -0.15) is 0 Å². The van der Waals surface area contributed by atoms with E-state index in [-0.39, 0.29) is 47.7 Å². The van der Waals surface area contributed by atoms with Gasteiger partial charge in [-0.15, -0.1) is 0 Å². The summed E-state index contributed by atoms with van der Waals surface area (Å²) in [6, 6.07) is 0. The summed E-state index contributed by atoms with van der Waals surface area (Å²) in [6.45, 7) is 0. The molecule has 0 fully saturated rings. The van der Waals surface area contributed by atoms with Gasteiger partial charge in [-0.05, 0) is 12.3 Å². The van der Waals surface area contributed by atoms with Crippen LogP contribution >= 0.6 is 0 Å². The molecule has 0 aliphatic rings. The van der Waals surface area contributed by atoms with Gasteiger partial charge in [0.15, 0.2) is 0 Å². The van der Waals surface area contributed by atoms with Crippen LogP contribution in [0.25, 0.3) is 0 Å². The number of carbonyl (C=O) groups excluding carboxylic acids is 2. The molecule has 0 unspecified atom stereocenters. The van der Waals surface area contributed by atoms with Crippen LogP contribution in [0.2, 0.25) is 0 Å². The van der Waals surface area contributed by atoms with Gasteiger partial charge in [0.25, 0.3) is 0 Å². The third kappa shape index (κ3) is 26600. The van der Waals surface area contributed by atoms with Gasteiger partial charge in [-0.1, -0.05) is 0 Å². The molecule has 58 valence electrons. The molecule has 8 heteroatoms. The monoisotopic (exact) mass is 434 g/mol. The third-order valence-corrected chi connectivity index (χ3v) is 0. The molecule has 0 aliphatic heterocycles. The quantitative estimate of drug-likeness (QED) is 0.351. The Labute approximate surface area is 89.7 Å². The van der Waals surface area contributed by atoms with Crippen LogP contribution in [0.15, 0.2) is 0 Å². The van der Waals surface area contributed by atoms with Gasteiger partial charge in [0, 0.05) is 0 Å². The summed E-state index contributed by atoms with van der Waals surface area (Å²) in [5.74, 6) is 0. The molecule has 0 rings (SSSR count). The first-order chi connectivity index (χ1) is 3.46. The van der Waals surface area contributed by atoms with E-state index < -0.39 is 12.3 Å². The van der Waals surface area contributed by atoms with Crippen LogP contribution in [-0.4, -0.2) is 39.6 Å². The Kier molecular flexibility index (Phi) is 36.1. The van der Waals surface area contributed by atoms with Crippen molar-refractivity contribution in [3.8, 4) is 0 Å². The molecule has 0 bridgehead atoms. The Hall–Kier alpha value is 0.124. The minimum absolute atomic E-state index is 0. The first kappa shape index (κ1) is 22.5. The zero-order chi connectivity index (χ0) is 7.15. The van der Waals surface area contributed by atoms with Crippen molar-refractivity contribution in [2.75, 3.05) is 0 Å². The van der Waals surface area contributed by atoms with Crippen molar-refractivity contribution in [2.24, 2.45) is 0 Å². The summed E-state index contributed by atoms with van der Waals surface area (Å²) in [4.78, 5) is 16.7. The van der Waals surface area contributed by atoms with E-state index >= 15 is 0 Å². The van der Waals surface area contributed by atoms with E-state index in [0.717, 1.165) is 0 Å². The fourth-order valence-electron chi connectivity index (χ4n) is 0. The van der Waals surface area contributed by atoms with Crippen molar-refractivity contribution in [1.29, 1.82) is 0 Å². The smallest absolute Gasteiger partial charge is 0.652 e. The van der Waals surface area contributed by atoms with Crippen LogP contribution in [0.1, 0.15) is 0 Å². The summed E-state index contributed by atoms with van der Waals surface area (Å²) >= 11 is 0. The summed E-state index contributed by atoms with van der Waals surface area (Å²) in [7, 11) is 0. The molecule has 0 aliphatic carbocycles. The fourth-order valence-corrected chi connectivity index (χ4v) is 0. The average Bonchev–Trinajstić information content (AvgIpc) is 1.25. The number of hydrogen-bond donors (Lipinski definition) is 0. The second-order valence-electron chi connectivity index (χ2n) is 0.500. The van der Waals surface area contributed by atoms with Crippen molar-refractivity contribution in [3.05, 3.63) is 0 Å². The van der Waals surface area contributed by atoms with Gasteiger partial charge in [0.05, 0.1) is 0 Å². The number of carboxylic acid groups (broad SMARTS) is 4. The maximum Gasteiger partial charge on any atom is 2.00 e. The van der Waals surface area contributed by atoms with Gasteiger partial charge in [0.1, 0.15) is 0 Å². The van der Waals surface area contributed by atoms with E-state index in [1.807, 2.05) is 0 Å². The summed E-state index contributed by atoms with van der Waals surface area (Å²) in [5, 5.41) is 33.3. The standard InChI is InChI=1S/2CH2O3.Pb.Pd/c2*2-1(3)4;;/h2*(H2,2,3,4);;/q;;2*+2/p-4. The molecule has 0 saturated heterocycles. The number of carbonyl (C=O) groups is 2. The molecule has 0 heterocycles. The molecule has 0 N–H and O–H groups in total. The van der Waals surface area contributed by atoms with Gasteiger partial charge in [-0.3, -0.25) is 0 Å². The van der Waals surface area contributed by atoms with Crippen LogP contribution in [0.4, 0.5) is 9.59 Å². The fraction of sp³-hybridized carbons (Fsp3) is 0. The van der Waals surface area contributed by atoms with Gasteiger partial charge < -0.3 is 30.0 Å². The molecular formula is C2O6PbPd. The first-order valence-corrected chi connectivity index (χ1v) is 1.22. The van der Waals surface area contributed by atoms with Crippen molar-refractivity contribution >= 4 is 39.6 Å². The predicted molar refractivity (Wildman–Crippen MR) is 16.5 cm³/mol. The Morgan fingerprint density at radius 3 is 0.800 bits per heavy atom. The van der Waals surface area contributed by atoms with E-state index in [1.54, 1.807) is 0 Å². The molecule has 0 spiro atoms. The Balaban J connectivity index is -0.0000000300. The van der Waals surface area contributed by atoms with Crippen LogP contribution in [0.5, 0.6) is 0 Å². The van der Waals surface area contributed by atoms with Gasteiger partial charge in [-0.25, -0.2) is 0 Å². The maximum absolute atomic E-state index is 8.33. The number of hydrogen-bond acceptors (Lipinski definition) is 6. The molecule has 6 nitrogen and oxygen atoms in total. The van der Waals surface area contributed by atoms with Gasteiger partial charge in [0.2, 0.25) is 0 Å². The SMILES string of the molecule is O=C([O-])[O-].O=C([O-])[O-].[Pb+2].[Pd+2]. The van der Waals surface area contributed by atoms with E-state index in [2.05, 4.69) is 0 Å². The molecule has 0 aromatic rings. The zero-order valence-corrected chi connectivity index (χ0v) is 9.71. The average molecular weight is 434 g/mol. The van der Waals surface area contributed by atoms with Crippen LogP contribution in [0, 0.1) is 0 Å². The van der Waals surface area contributed by atoms with Crippen molar-refractivity contribution in [3.63, 3.8) is 0 Å². The maximum atomic E-state index is 8.33. The largest absolute Gasteiger partial charge is 2.00 e. The third-order valence-electron chi connectivity index (χ3n) is 0.